The van der Waals surface area contributed by atoms with E-state index in [2.05, 4.69) is 10.1 Å². The molecular formula is C4H11N4+. The highest BCUT2D eigenvalue weighted by atomic mass is 15.6. The predicted octanol–water partition coefficient (Wildman–Crippen LogP) is 1.31. The average Bonchev–Trinajstić information content (AvgIpc) is 1.67. The molecule has 0 bridgehead atoms. The number of hydrogen-bond donors (Lipinski definition) is 0. The molecule has 0 saturated heterocycles. The Morgan fingerprint density at radius 1 is 1.62 bits per heavy atom. The lowest BCUT2D eigenvalue weighted by Gasteiger charge is -2.16. The molecule has 4 heteroatoms. The molecule has 0 N–H and O–H groups in total. The molecule has 0 spiro atoms. The SMILES string of the molecule is CC[N+](C)(C)N=[N+]=[N-]. The fourth-order valence-corrected chi connectivity index (χ4v) is 0.172. The van der Waals surface area contributed by atoms with Gasteiger partial charge in [0.15, 0.2) is 0 Å². The van der Waals surface area contributed by atoms with Gasteiger partial charge in [-0.15, -0.1) is 0 Å². The standard InChI is InChI=1S/C4H11N4/c1-4-8(2,3)7-6-5/h4H2,1-3H3/q+1. The Bertz CT molecular complexity index is 111. The second-order valence-electron chi connectivity index (χ2n) is 2.12. The molecule has 0 rings (SSSR count). The molecule has 0 aromatic rings. The third kappa shape index (κ3) is 2.44. The molecular weight excluding hydrogens is 104 g/mol. The van der Waals surface area contributed by atoms with Gasteiger partial charge < -0.3 is 0 Å². The highest BCUT2D eigenvalue weighted by Crippen LogP contribution is 1.95. The van der Waals surface area contributed by atoms with Gasteiger partial charge in [-0.1, -0.05) is 0 Å². The van der Waals surface area contributed by atoms with Gasteiger partial charge in [-0.25, -0.2) is 4.59 Å². The van der Waals surface area contributed by atoms with Gasteiger partial charge in [0.05, 0.1) is 25.6 Å². The molecule has 0 saturated carbocycles. The number of rotatable bonds is 2. The molecule has 0 atom stereocenters. The molecule has 4 nitrogen and oxygen atoms in total. The Kier molecular flexibility index (Phi) is 2.31. The fourth-order valence-electron chi connectivity index (χ4n) is 0.172. The number of nitrogens with zero attached hydrogens (tertiary/aromatic N) is 4. The first-order valence-electron chi connectivity index (χ1n) is 2.52. The average molecular weight is 115 g/mol. The third-order valence-corrected chi connectivity index (χ3v) is 1.06. The zero-order chi connectivity index (χ0) is 6.62. The van der Waals surface area contributed by atoms with Crippen molar-refractivity contribution >= 4 is 0 Å². The van der Waals surface area contributed by atoms with Crippen molar-refractivity contribution in [1.29, 1.82) is 0 Å². The topological polar surface area (TPSA) is 48.8 Å². The van der Waals surface area contributed by atoms with Crippen molar-refractivity contribution in [2.75, 3.05) is 20.6 Å². The molecule has 0 aliphatic rings. The molecule has 8 heavy (non-hydrogen) atoms. The molecule has 46 valence electrons. The van der Waals surface area contributed by atoms with Crippen molar-refractivity contribution in [2.45, 2.75) is 6.92 Å². The van der Waals surface area contributed by atoms with E-state index in [1.54, 1.807) is 0 Å². The lowest BCUT2D eigenvalue weighted by Crippen LogP contribution is -2.31. The fraction of sp³-hybridized carbons (Fsp3) is 1.00. The van der Waals surface area contributed by atoms with Crippen LogP contribution in [0.25, 0.3) is 10.4 Å². The summed E-state index contributed by atoms with van der Waals surface area (Å²) in [6.45, 7) is 2.79. The van der Waals surface area contributed by atoms with Crippen molar-refractivity contribution < 1.29 is 4.59 Å². The van der Waals surface area contributed by atoms with Gasteiger partial charge in [0.2, 0.25) is 0 Å². The lowest BCUT2D eigenvalue weighted by atomic mass is 10.6. The predicted molar refractivity (Wildman–Crippen MR) is 31.8 cm³/mol. The maximum atomic E-state index is 7.98. The van der Waals surface area contributed by atoms with Crippen LogP contribution in [0.4, 0.5) is 0 Å². The first-order chi connectivity index (χ1) is 3.62. The molecule has 0 unspecified atom stereocenters. The van der Waals surface area contributed by atoms with Gasteiger partial charge in [-0.05, 0) is 6.92 Å². The van der Waals surface area contributed by atoms with Crippen LogP contribution < -0.4 is 0 Å². The van der Waals surface area contributed by atoms with Gasteiger partial charge in [-0.3, -0.25) is 0 Å². The van der Waals surface area contributed by atoms with E-state index in [-0.39, 0.29) is 0 Å². The van der Waals surface area contributed by atoms with Crippen molar-refractivity contribution in [2.24, 2.45) is 5.22 Å². The Hall–Kier alpha value is -0.730. The summed E-state index contributed by atoms with van der Waals surface area (Å²) < 4.78 is 0.372. The van der Waals surface area contributed by atoms with E-state index in [0.29, 0.717) is 4.59 Å². The van der Waals surface area contributed by atoms with Crippen molar-refractivity contribution in [3.8, 4) is 0 Å². The summed E-state index contributed by atoms with van der Waals surface area (Å²) in [6.07, 6.45) is 0. The smallest absolute Gasteiger partial charge is 0.113 e. The van der Waals surface area contributed by atoms with Crippen LogP contribution in [0.3, 0.4) is 0 Å². The molecule has 0 radical (unpaired) electrons. The zero-order valence-corrected chi connectivity index (χ0v) is 5.50. The summed E-state index contributed by atoms with van der Waals surface area (Å²) in [7, 11) is 3.69. The second-order valence-corrected chi connectivity index (χ2v) is 2.12. The van der Waals surface area contributed by atoms with Crippen LogP contribution in [0.15, 0.2) is 5.22 Å². The van der Waals surface area contributed by atoms with E-state index in [9.17, 15) is 0 Å². The zero-order valence-electron chi connectivity index (χ0n) is 5.50. The van der Waals surface area contributed by atoms with Crippen LogP contribution in [0, 0.1) is 0 Å². The van der Waals surface area contributed by atoms with Crippen LogP contribution in [-0.4, -0.2) is 25.2 Å². The maximum Gasteiger partial charge on any atom is 0.113 e. The van der Waals surface area contributed by atoms with Gasteiger partial charge >= 0.3 is 0 Å². The van der Waals surface area contributed by atoms with E-state index >= 15 is 0 Å². The van der Waals surface area contributed by atoms with Crippen LogP contribution in [0.5, 0.6) is 0 Å². The Morgan fingerprint density at radius 3 is 2.25 bits per heavy atom. The minimum absolute atomic E-state index is 0.372. The summed E-state index contributed by atoms with van der Waals surface area (Å²) in [5, 5.41) is 3.49. The van der Waals surface area contributed by atoms with Crippen molar-refractivity contribution in [3.63, 3.8) is 0 Å². The minimum Gasteiger partial charge on any atom is -0.219 e. The maximum absolute atomic E-state index is 7.98. The summed E-state index contributed by atoms with van der Waals surface area (Å²) in [4.78, 5) is 2.68. The first-order valence-corrected chi connectivity index (χ1v) is 2.52. The van der Waals surface area contributed by atoms with E-state index in [1.807, 2.05) is 21.0 Å². The molecule has 0 aromatic heterocycles. The molecule has 0 aromatic carbocycles. The van der Waals surface area contributed by atoms with Crippen LogP contribution in [0.1, 0.15) is 6.92 Å². The monoisotopic (exact) mass is 115 g/mol. The van der Waals surface area contributed by atoms with Gasteiger partial charge in [0, 0.05) is 5.53 Å². The van der Waals surface area contributed by atoms with Crippen molar-refractivity contribution in [3.05, 3.63) is 10.4 Å². The number of hydrogen-bond acceptors (Lipinski definition) is 1. The summed E-state index contributed by atoms with van der Waals surface area (Å²) >= 11 is 0. The third-order valence-electron chi connectivity index (χ3n) is 1.06. The molecule has 0 fully saturated rings. The number of azide groups is 1. The summed E-state index contributed by atoms with van der Waals surface area (Å²) in [6, 6.07) is 0. The van der Waals surface area contributed by atoms with E-state index in [4.69, 9.17) is 5.53 Å². The van der Waals surface area contributed by atoms with Crippen LogP contribution >= 0.6 is 0 Å². The molecule has 0 aliphatic heterocycles. The van der Waals surface area contributed by atoms with Gasteiger partial charge in [0.1, 0.15) is 5.22 Å². The van der Waals surface area contributed by atoms with Crippen LogP contribution in [-0.2, 0) is 0 Å². The van der Waals surface area contributed by atoms with E-state index in [0.717, 1.165) is 6.54 Å². The Labute approximate surface area is 48.9 Å². The molecule has 0 heterocycles. The summed E-state index contributed by atoms with van der Waals surface area (Å²) in [5.41, 5.74) is 7.98. The Balaban J connectivity index is 3.90. The quantitative estimate of drug-likeness (QED) is 0.171. The molecule has 0 aliphatic carbocycles. The highest BCUT2D eigenvalue weighted by molar-refractivity contribution is 4.29. The van der Waals surface area contributed by atoms with Crippen molar-refractivity contribution in [1.82, 2.24) is 0 Å². The summed E-state index contributed by atoms with van der Waals surface area (Å²) in [5.74, 6) is 0. The largest absolute Gasteiger partial charge is 0.219 e. The normalized spacial score (nSPS) is 10.4. The lowest BCUT2D eigenvalue weighted by molar-refractivity contribution is -0.897. The Morgan fingerprint density at radius 2 is 2.12 bits per heavy atom. The van der Waals surface area contributed by atoms with Gasteiger partial charge in [0.25, 0.3) is 0 Å². The minimum atomic E-state index is 0.372. The number of quaternary nitrogens is 1. The second kappa shape index (κ2) is 2.55. The highest BCUT2D eigenvalue weighted by Gasteiger charge is 2.07. The van der Waals surface area contributed by atoms with E-state index in [1.165, 1.54) is 0 Å². The van der Waals surface area contributed by atoms with E-state index < -0.39 is 0 Å². The van der Waals surface area contributed by atoms with Crippen LogP contribution in [0.2, 0.25) is 0 Å². The first kappa shape index (κ1) is 7.27. The molecule has 0 amide bonds. The van der Waals surface area contributed by atoms with Gasteiger partial charge in [-0.2, -0.15) is 0 Å².